The van der Waals surface area contributed by atoms with Gasteiger partial charge in [-0.2, -0.15) is 0 Å². The predicted molar refractivity (Wildman–Crippen MR) is 130 cm³/mol. The smallest absolute Gasteiger partial charge is 0.331 e. The highest BCUT2D eigenvalue weighted by molar-refractivity contribution is 5.95. The number of methoxy groups -OCH3 is 2. The molecule has 0 saturated heterocycles. The lowest BCUT2D eigenvalue weighted by Crippen LogP contribution is -2.20. The van der Waals surface area contributed by atoms with Crippen LogP contribution in [-0.2, 0) is 20.9 Å². The number of hydrogen-bond acceptors (Lipinski definition) is 8. The van der Waals surface area contributed by atoms with E-state index in [2.05, 4.69) is 10.5 Å². The zero-order valence-corrected chi connectivity index (χ0v) is 20.3. The normalized spacial score (nSPS) is 10.8. The number of esters is 1. The zero-order chi connectivity index (χ0) is 25.4. The number of nitrogens with zero attached hydrogens (tertiary/aromatic N) is 1. The third-order valence-corrected chi connectivity index (χ3v) is 5.13. The molecular formula is C26H28N2O7. The molecule has 0 unspecified atom stereocenters. The first kappa shape index (κ1) is 25.4. The van der Waals surface area contributed by atoms with Crippen molar-refractivity contribution in [2.45, 2.75) is 27.4 Å². The van der Waals surface area contributed by atoms with Gasteiger partial charge in [0, 0.05) is 6.08 Å². The van der Waals surface area contributed by atoms with E-state index in [9.17, 15) is 9.59 Å². The molecule has 1 aromatic heterocycles. The van der Waals surface area contributed by atoms with Gasteiger partial charge in [-0.15, -0.1) is 0 Å². The van der Waals surface area contributed by atoms with E-state index in [1.807, 2.05) is 26.8 Å². The maximum atomic E-state index is 12.2. The van der Waals surface area contributed by atoms with Crippen LogP contribution in [0.5, 0.6) is 17.2 Å². The highest BCUT2D eigenvalue weighted by Gasteiger charge is 2.13. The number of benzene rings is 2. The third-order valence-electron chi connectivity index (χ3n) is 5.13. The molecule has 0 atom stereocenters. The predicted octanol–water partition coefficient (Wildman–Crippen LogP) is 4.39. The Morgan fingerprint density at radius 2 is 1.74 bits per heavy atom. The highest BCUT2D eigenvalue weighted by atomic mass is 16.5. The van der Waals surface area contributed by atoms with Gasteiger partial charge in [-0.25, -0.2) is 4.79 Å². The van der Waals surface area contributed by atoms with Crippen LogP contribution in [0, 0.1) is 20.8 Å². The number of aryl methyl sites for hydroxylation is 3. The fourth-order valence-electron chi connectivity index (χ4n) is 3.22. The summed E-state index contributed by atoms with van der Waals surface area (Å²) >= 11 is 0. The minimum absolute atomic E-state index is 0.287. The zero-order valence-electron chi connectivity index (χ0n) is 20.3. The molecule has 0 fully saturated rings. The molecule has 0 radical (unpaired) electrons. The fraction of sp³-hybridized carbons (Fsp3) is 0.269. The van der Waals surface area contributed by atoms with Crippen molar-refractivity contribution in [2.24, 2.45) is 0 Å². The first-order valence-corrected chi connectivity index (χ1v) is 10.8. The van der Waals surface area contributed by atoms with Crippen molar-refractivity contribution in [3.63, 3.8) is 0 Å². The van der Waals surface area contributed by atoms with Crippen LogP contribution >= 0.6 is 0 Å². The number of rotatable bonds is 10. The average molecular weight is 481 g/mol. The molecule has 1 N–H and O–H groups in total. The van der Waals surface area contributed by atoms with E-state index in [4.69, 9.17) is 23.5 Å². The van der Waals surface area contributed by atoms with Crippen LogP contribution in [-0.4, -0.2) is 37.9 Å². The van der Waals surface area contributed by atoms with Gasteiger partial charge in [-0.05, 0) is 62.2 Å². The van der Waals surface area contributed by atoms with Crippen molar-refractivity contribution in [1.29, 1.82) is 0 Å². The lowest BCUT2D eigenvalue weighted by atomic mass is 10.2. The molecule has 0 spiro atoms. The summed E-state index contributed by atoms with van der Waals surface area (Å²) in [7, 11) is 3.04. The van der Waals surface area contributed by atoms with Gasteiger partial charge in [-0.1, -0.05) is 17.3 Å². The van der Waals surface area contributed by atoms with Crippen molar-refractivity contribution in [2.75, 3.05) is 26.1 Å². The van der Waals surface area contributed by atoms with E-state index < -0.39 is 18.5 Å². The monoisotopic (exact) mass is 480 g/mol. The van der Waals surface area contributed by atoms with Crippen LogP contribution in [0.3, 0.4) is 0 Å². The Labute approximate surface area is 203 Å². The molecule has 0 saturated carbocycles. The lowest BCUT2D eigenvalue weighted by Gasteiger charge is -2.11. The number of nitrogens with one attached hydrogen (secondary N) is 1. The van der Waals surface area contributed by atoms with E-state index in [-0.39, 0.29) is 6.61 Å². The van der Waals surface area contributed by atoms with Crippen LogP contribution in [0.25, 0.3) is 6.08 Å². The fourth-order valence-corrected chi connectivity index (χ4v) is 3.22. The number of carbonyl (C=O) groups excluding carboxylic acids is 2. The molecule has 2 aromatic carbocycles. The van der Waals surface area contributed by atoms with Crippen LogP contribution in [0.15, 0.2) is 47.0 Å². The van der Waals surface area contributed by atoms with Gasteiger partial charge in [0.15, 0.2) is 18.1 Å². The van der Waals surface area contributed by atoms with Crippen molar-refractivity contribution < 1.29 is 33.1 Å². The van der Waals surface area contributed by atoms with Gasteiger partial charge in [0.25, 0.3) is 5.91 Å². The summed E-state index contributed by atoms with van der Waals surface area (Å²) in [6.45, 7) is 5.43. The lowest BCUT2D eigenvalue weighted by molar-refractivity contribution is -0.142. The van der Waals surface area contributed by atoms with E-state index >= 15 is 0 Å². The number of aromatic nitrogens is 1. The van der Waals surface area contributed by atoms with Crippen LogP contribution in [0.2, 0.25) is 0 Å². The maximum Gasteiger partial charge on any atom is 0.331 e. The first-order chi connectivity index (χ1) is 16.8. The number of hydrogen-bond donors (Lipinski definition) is 1. The Hall–Kier alpha value is -4.27. The third kappa shape index (κ3) is 6.86. The van der Waals surface area contributed by atoms with Crippen molar-refractivity contribution in [3.8, 4) is 17.2 Å². The molecule has 3 rings (SSSR count). The number of carbonyl (C=O) groups is 2. The van der Waals surface area contributed by atoms with Crippen LogP contribution in [0.1, 0.15) is 28.1 Å². The Balaban J connectivity index is 1.54. The molecule has 9 nitrogen and oxygen atoms in total. The van der Waals surface area contributed by atoms with Crippen LogP contribution < -0.4 is 19.5 Å². The average Bonchev–Trinajstić information content (AvgIpc) is 3.17. The molecule has 1 heterocycles. The maximum absolute atomic E-state index is 12.2. The molecule has 0 bridgehead atoms. The molecule has 35 heavy (non-hydrogen) atoms. The summed E-state index contributed by atoms with van der Waals surface area (Å²) in [4.78, 5) is 24.3. The number of amides is 1. The number of anilines is 1. The Morgan fingerprint density at radius 3 is 2.43 bits per heavy atom. The molecule has 1 amide bonds. The Morgan fingerprint density at radius 1 is 1.00 bits per heavy atom. The minimum atomic E-state index is -0.658. The molecule has 184 valence electrons. The first-order valence-electron chi connectivity index (χ1n) is 10.8. The molecule has 9 heteroatoms. The van der Waals surface area contributed by atoms with Crippen molar-refractivity contribution in [3.05, 3.63) is 70.6 Å². The van der Waals surface area contributed by atoms with Crippen molar-refractivity contribution in [1.82, 2.24) is 5.16 Å². The van der Waals surface area contributed by atoms with E-state index in [1.54, 1.807) is 36.4 Å². The van der Waals surface area contributed by atoms with Crippen molar-refractivity contribution >= 4 is 23.6 Å². The summed E-state index contributed by atoms with van der Waals surface area (Å²) in [6.07, 6.45) is 2.80. The summed E-state index contributed by atoms with van der Waals surface area (Å²) < 4.78 is 26.7. The molecule has 0 aliphatic rings. The van der Waals surface area contributed by atoms with Gasteiger partial charge >= 0.3 is 5.97 Å². The summed E-state index contributed by atoms with van der Waals surface area (Å²) in [6, 6.07) is 10.6. The second kappa shape index (κ2) is 11.7. The van der Waals surface area contributed by atoms with Crippen LogP contribution in [0.4, 0.5) is 5.69 Å². The van der Waals surface area contributed by atoms with Gasteiger partial charge in [0.1, 0.15) is 18.1 Å². The second-order valence-electron chi connectivity index (χ2n) is 7.69. The standard InChI is InChI=1S/C26H28N2O7/c1-16-6-9-22(31-4)21(12-16)27-25(29)15-34-26(30)11-8-19-7-10-23(24(13-19)32-5)33-14-20-17(2)28-35-18(20)3/h6-13H,14-15H2,1-5H3,(H,27,29)/b11-8+. The molecule has 3 aromatic rings. The molecule has 0 aliphatic carbocycles. The largest absolute Gasteiger partial charge is 0.495 e. The van der Waals surface area contributed by atoms with Gasteiger partial charge in [0.2, 0.25) is 0 Å². The molecular weight excluding hydrogens is 452 g/mol. The highest BCUT2D eigenvalue weighted by Crippen LogP contribution is 2.30. The summed E-state index contributed by atoms with van der Waals surface area (Å²) in [5, 5.41) is 6.59. The minimum Gasteiger partial charge on any atom is -0.495 e. The second-order valence-corrected chi connectivity index (χ2v) is 7.69. The quantitative estimate of drug-likeness (QED) is 0.336. The van der Waals surface area contributed by atoms with Gasteiger partial charge in [0.05, 0.1) is 31.2 Å². The summed E-state index contributed by atoms with van der Waals surface area (Å²) in [5.74, 6) is 1.12. The Kier molecular flexibility index (Phi) is 8.50. The topological polar surface area (TPSA) is 109 Å². The molecule has 0 aliphatic heterocycles. The summed E-state index contributed by atoms with van der Waals surface area (Å²) in [5.41, 5.74) is 3.80. The van der Waals surface area contributed by atoms with E-state index in [1.165, 1.54) is 20.3 Å². The van der Waals surface area contributed by atoms with E-state index in [0.29, 0.717) is 34.3 Å². The SMILES string of the molecule is COc1ccc(C)cc1NC(=O)COC(=O)/C=C/c1ccc(OCc2c(C)noc2C)c(OC)c1. The number of ether oxygens (including phenoxy) is 4. The van der Waals surface area contributed by atoms with Gasteiger partial charge < -0.3 is 28.8 Å². The van der Waals surface area contributed by atoms with Gasteiger partial charge in [-0.3, -0.25) is 4.79 Å². The van der Waals surface area contributed by atoms with E-state index in [0.717, 1.165) is 16.8 Å². The Bertz CT molecular complexity index is 1210.